The van der Waals surface area contributed by atoms with Crippen LogP contribution in [0.25, 0.3) is 0 Å². The van der Waals surface area contributed by atoms with Crippen LogP contribution in [0.1, 0.15) is 19.5 Å². The lowest BCUT2D eigenvalue weighted by Crippen LogP contribution is -2.30. The molecule has 2 rings (SSSR count). The van der Waals surface area contributed by atoms with Crippen LogP contribution in [-0.4, -0.2) is 27.7 Å². The van der Waals surface area contributed by atoms with Crippen molar-refractivity contribution in [1.82, 2.24) is 9.97 Å². The molecule has 3 N–H and O–H groups in total. The molecule has 0 amide bonds. The van der Waals surface area contributed by atoms with E-state index in [1.54, 1.807) is 13.8 Å². The molecular formula is C16H17BrF4N4O. The van der Waals surface area contributed by atoms with E-state index in [2.05, 4.69) is 36.5 Å². The van der Waals surface area contributed by atoms with Gasteiger partial charge in [0.2, 0.25) is 5.95 Å². The zero-order valence-electron chi connectivity index (χ0n) is 13.9. The summed E-state index contributed by atoms with van der Waals surface area (Å²) >= 11 is 3.10. The Morgan fingerprint density at radius 3 is 2.42 bits per heavy atom. The van der Waals surface area contributed by atoms with Gasteiger partial charge in [-0.2, -0.15) is 18.2 Å². The highest BCUT2D eigenvalue weighted by atomic mass is 79.9. The van der Waals surface area contributed by atoms with Crippen LogP contribution < -0.4 is 10.6 Å². The maximum absolute atomic E-state index is 13.9. The van der Waals surface area contributed by atoms with Crippen LogP contribution in [0.3, 0.4) is 0 Å². The Morgan fingerprint density at radius 2 is 1.88 bits per heavy atom. The van der Waals surface area contributed by atoms with E-state index in [1.807, 2.05) is 0 Å². The first-order valence-corrected chi connectivity index (χ1v) is 8.45. The van der Waals surface area contributed by atoms with Crippen LogP contribution in [0.4, 0.5) is 35.0 Å². The van der Waals surface area contributed by atoms with Crippen LogP contribution in [-0.2, 0) is 6.18 Å². The molecule has 2 aromatic rings. The van der Waals surface area contributed by atoms with Crippen molar-refractivity contribution in [2.75, 3.05) is 17.2 Å². The van der Waals surface area contributed by atoms with E-state index >= 15 is 0 Å². The minimum absolute atomic E-state index is 0.0338. The quantitative estimate of drug-likeness (QED) is 0.578. The maximum Gasteiger partial charge on any atom is 0.433 e. The van der Waals surface area contributed by atoms with Gasteiger partial charge in [-0.25, -0.2) is 9.37 Å². The molecule has 5 nitrogen and oxygen atoms in total. The van der Waals surface area contributed by atoms with Crippen molar-refractivity contribution in [2.45, 2.75) is 26.1 Å². The fourth-order valence-corrected chi connectivity index (χ4v) is 2.37. The molecule has 0 aliphatic rings. The average molecular weight is 437 g/mol. The smallest absolute Gasteiger partial charge is 0.394 e. The number of nitrogens with zero attached hydrogens (tertiary/aromatic N) is 2. The zero-order chi connectivity index (χ0) is 19.5. The molecule has 1 heterocycles. The summed E-state index contributed by atoms with van der Waals surface area (Å²) in [4.78, 5) is 7.41. The molecule has 1 aromatic carbocycles. The Bertz CT molecular complexity index is 770. The summed E-state index contributed by atoms with van der Waals surface area (Å²) in [5.41, 5.74) is -1.22. The molecule has 0 aliphatic heterocycles. The summed E-state index contributed by atoms with van der Waals surface area (Å²) < 4.78 is 53.8. The molecule has 0 saturated heterocycles. The maximum atomic E-state index is 13.9. The van der Waals surface area contributed by atoms with Gasteiger partial charge in [0.1, 0.15) is 11.6 Å². The summed E-state index contributed by atoms with van der Waals surface area (Å²) in [5, 5.41) is 14.5. The molecular weight excluding hydrogens is 420 g/mol. The van der Waals surface area contributed by atoms with Crippen molar-refractivity contribution in [1.29, 1.82) is 0 Å². The number of rotatable bonds is 6. The minimum Gasteiger partial charge on any atom is -0.394 e. The lowest BCUT2D eigenvalue weighted by molar-refractivity contribution is -0.141. The first-order valence-electron chi connectivity index (χ1n) is 7.66. The number of hydrogen-bond acceptors (Lipinski definition) is 5. The molecule has 1 atom stereocenters. The summed E-state index contributed by atoms with van der Waals surface area (Å²) in [6, 6.07) is 4.24. The predicted molar refractivity (Wildman–Crippen MR) is 93.8 cm³/mol. The Hall–Kier alpha value is -1.94. The normalized spacial score (nSPS) is 13.0. The number of benzene rings is 1. The van der Waals surface area contributed by atoms with E-state index in [4.69, 9.17) is 0 Å². The molecule has 0 saturated carbocycles. The van der Waals surface area contributed by atoms with E-state index in [0.29, 0.717) is 10.5 Å². The van der Waals surface area contributed by atoms with Crippen molar-refractivity contribution in [3.8, 4) is 0 Å². The Balaban J connectivity index is 2.39. The summed E-state index contributed by atoms with van der Waals surface area (Å²) in [5.74, 6) is -1.26. The fraction of sp³-hybridized carbons (Fsp3) is 0.375. The van der Waals surface area contributed by atoms with E-state index < -0.39 is 23.7 Å². The molecule has 0 spiro atoms. The van der Waals surface area contributed by atoms with Gasteiger partial charge in [0.25, 0.3) is 0 Å². The van der Waals surface area contributed by atoms with Gasteiger partial charge < -0.3 is 15.7 Å². The van der Waals surface area contributed by atoms with Crippen LogP contribution in [0.2, 0.25) is 0 Å². The second-order valence-electron chi connectivity index (χ2n) is 5.89. The van der Waals surface area contributed by atoms with Crippen molar-refractivity contribution >= 4 is 33.4 Å². The van der Waals surface area contributed by atoms with Gasteiger partial charge in [0, 0.05) is 10.5 Å². The van der Waals surface area contributed by atoms with Crippen LogP contribution in [0.15, 0.2) is 28.7 Å². The van der Waals surface area contributed by atoms with Crippen LogP contribution >= 0.6 is 15.9 Å². The third-order valence-corrected chi connectivity index (χ3v) is 4.02. The predicted octanol–water partition coefficient (Wildman–Crippen LogP) is 4.57. The minimum atomic E-state index is -4.71. The van der Waals surface area contributed by atoms with Gasteiger partial charge >= 0.3 is 6.18 Å². The number of alkyl halides is 3. The number of aliphatic hydroxyl groups is 1. The Labute approximate surface area is 156 Å². The number of aromatic nitrogens is 2. The molecule has 0 aliphatic carbocycles. The second-order valence-corrected chi connectivity index (χ2v) is 6.80. The molecule has 142 valence electrons. The Kier molecular flexibility index (Phi) is 6.40. The van der Waals surface area contributed by atoms with E-state index in [1.165, 1.54) is 18.2 Å². The zero-order valence-corrected chi connectivity index (χ0v) is 15.5. The number of aliphatic hydroxyl groups excluding tert-OH is 1. The molecule has 10 heteroatoms. The van der Waals surface area contributed by atoms with Gasteiger partial charge in [-0.3, -0.25) is 0 Å². The summed E-state index contributed by atoms with van der Waals surface area (Å²) in [6.45, 7) is 3.27. The van der Waals surface area contributed by atoms with Gasteiger partial charge in [-0.1, -0.05) is 29.8 Å². The third-order valence-electron chi connectivity index (χ3n) is 3.53. The van der Waals surface area contributed by atoms with Gasteiger partial charge in [-0.15, -0.1) is 0 Å². The first kappa shape index (κ1) is 20.4. The highest BCUT2D eigenvalue weighted by Gasteiger charge is 2.34. The Morgan fingerprint density at radius 1 is 1.19 bits per heavy atom. The standard InChI is InChI=1S/C16H17BrF4N4O/c1-8(2)12(7-26)23-15-24-13(16(19,20)21)6-14(25-15)22-11-4-3-9(17)5-10(11)18/h3-6,8,12,26H,7H2,1-2H3,(H2,22,23,24,25)/t12-/m1/s1. The summed E-state index contributed by atoms with van der Waals surface area (Å²) in [6.07, 6.45) is -4.71. The van der Waals surface area contributed by atoms with Crippen molar-refractivity contribution in [2.24, 2.45) is 5.92 Å². The summed E-state index contributed by atoms with van der Waals surface area (Å²) in [7, 11) is 0. The SMILES string of the molecule is CC(C)[C@@H](CO)Nc1nc(Nc2ccc(Br)cc2F)cc(C(F)(F)F)n1. The number of halogens is 5. The van der Waals surface area contributed by atoms with Gasteiger partial charge in [0.05, 0.1) is 18.3 Å². The van der Waals surface area contributed by atoms with Crippen molar-refractivity contribution in [3.63, 3.8) is 0 Å². The van der Waals surface area contributed by atoms with E-state index in [0.717, 1.165) is 0 Å². The first-order chi connectivity index (χ1) is 12.1. The number of nitrogens with one attached hydrogen (secondary N) is 2. The largest absolute Gasteiger partial charge is 0.433 e. The van der Waals surface area contributed by atoms with Gasteiger partial charge in [-0.05, 0) is 24.1 Å². The van der Waals surface area contributed by atoms with Crippen molar-refractivity contribution in [3.05, 3.63) is 40.2 Å². The third kappa shape index (κ3) is 5.28. The molecule has 0 radical (unpaired) electrons. The molecule has 1 aromatic heterocycles. The van der Waals surface area contributed by atoms with Crippen LogP contribution in [0.5, 0.6) is 0 Å². The van der Waals surface area contributed by atoms with Crippen molar-refractivity contribution < 1.29 is 22.7 Å². The highest BCUT2D eigenvalue weighted by molar-refractivity contribution is 9.10. The topological polar surface area (TPSA) is 70.1 Å². The average Bonchev–Trinajstić information content (AvgIpc) is 2.54. The number of anilines is 3. The molecule has 0 fully saturated rings. The molecule has 0 bridgehead atoms. The van der Waals surface area contributed by atoms with E-state index in [-0.39, 0.29) is 30.0 Å². The second kappa shape index (κ2) is 8.17. The molecule has 26 heavy (non-hydrogen) atoms. The lowest BCUT2D eigenvalue weighted by Gasteiger charge is -2.21. The van der Waals surface area contributed by atoms with Gasteiger partial charge in [0.15, 0.2) is 5.69 Å². The number of hydrogen-bond donors (Lipinski definition) is 3. The van der Waals surface area contributed by atoms with Crippen LogP contribution in [0, 0.1) is 11.7 Å². The van der Waals surface area contributed by atoms with E-state index in [9.17, 15) is 22.7 Å². The fourth-order valence-electron chi connectivity index (χ4n) is 2.04. The monoisotopic (exact) mass is 436 g/mol. The highest BCUT2D eigenvalue weighted by Crippen LogP contribution is 2.31. The molecule has 0 unspecified atom stereocenters. The lowest BCUT2D eigenvalue weighted by atomic mass is 10.1.